The molecule has 7 atom stereocenters. The summed E-state index contributed by atoms with van der Waals surface area (Å²) >= 11 is 0. The van der Waals surface area contributed by atoms with Gasteiger partial charge in [0.05, 0.1) is 5.52 Å². The molecule has 5 nitrogen and oxygen atoms in total. The smallest absolute Gasteiger partial charge is 0.246 e. The second-order valence-corrected chi connectivity index (χ2v) is 11.2. The number of hydrogen-bond acceptors (Lipinski definition) is 3. The van der Waals surface area contributed by atoms with Gasteiger partial charge in [-0.15, -0.1) is 0 Å². The van der Waals surface area contributed by atoms with Crippen molar-refractivity contribution < 1.29 is 4.79 Å². The molecule has 1 amide bonds. The fraction of sp³-hybridized carbons (Fsp3) is 0.654. The van der Waals surface area contributed by atoms with Crippen LogP contribution < -0.4 is 0 Å². The van der Waals surface area contributed by atoms with E-state index in [0.717, 1.165) is 29.4 Å². The summed E-state index contributed by atoms with van der Waals surface area (Å²) in [6.07, 6.45) is 13.4. The third-order valence-electron chi connectivity index (χ3n) is 10.1. The molecule has 2 aromatic heterocycles. The Balaban J connectivity index is 1.35. The maximum atomic E-state index is 12.3. The number of rotatable bonds is 1. The number of hydrogen-bond donors (Lipinski definition) is 0. The second kappa shape index (κ2) is 6.43. The summed E-state index contributed by atoms with van der Waals surface area (Å²) in [7, 11) is 4.17. The van der Waals surface area contributed by atoms with Crippen LogP contribution in [0.5, 0.6) is 0 Å². The molecule has 3 heterocycles. The van der Waals surface area contributed by atoms with Gasteiger partial charge >= 0.3 is 0 Å². The Morgan fingerprint density at radius 1 is 1.06 bits per heavy atom. The maximum absolute atomic E-state index is 12.3. The first-order valence-electron chi connectivity index (χ1n) is 12.1. The molecule has 4 aliphatic rings. The van der Waals surface area contributed by atoms with E-state index >= 15 is 0 Å². The van der Waals surface area contributed by atoms with Gasteiger partial charge in [-0.3, -0.25) is 4.79 Å². The Hall–Kier alpha value is -2.17. The van der Waals surface area contributed by atoms with Crippen LogP contribution in [-0.4, -0.2) is 38.4 Å². The predicted molar refractivity (Wildman–Crippen MR) is 121 cm³/mol. The van der Waals surface area contributed by atoms with Crippen molar-refractivity contribution in [2.45, 2.75) is 64.3 Å². The molecule has 31 heavy (non-hydrogen) atoms. The standard InChI is InChI=1S/C26H34N4O/c1-25-13-11-18-16(7-10-21-26(18,2)14-12-22(31)30(21)4)17(25)8-9-19(25)24-28-23-20(29(24)3)6-5-15-27-23/h5-6,12,14-19,21H,7-11,13H2,1-4H3/t16?,17-,18?,19+,21+,25-,26+/m0/s1. The van der Waals surface area contributed by atoms with Crippen LogP contribution >= 0.6 is 0 Å². The van der Waals surface area contributed by atoms with Crippen molar-refractivity contribution in [1.82, 2.24) is 19.4 Å². The number of likely N-dealkylation sites (N-methyl/N-ethyl adjacent to an activating group) is 1. The zero-order valence-corrected chi connectivity index (χ0v) is 19.2. The SMILES string of the molecule is CN1C(=O)C=C[C@]2(C)C3CC[C@]4(C)[C@@H](c5nc6ncccc6n5C)CC[C@H]4C3CC[C@@H]12. The van der Waals surface area contributed by atoms with E-state index in [9.17, 15) is 4.79 Å². The van der Waals surface area contributed by atoms with Crippen LogP contribution in [0.4, 0.5) is 0 Å². The van der Waals surface area contributed by atoms with Crippen molar-refractivity contribution in [2.75, 3.05) is 7.05 Å². The molecule has 3 saturated carbocycles. The number of fused-ring (bicyclic) bond motifs is 6. The third kappa shape index (κ3) is 2.46. The molecule has 0 radical (unpaired) electrons. The van der Waals surface area contributed by atoms with Gasteiger partial charge in [-0.1, -0.05) is 19.9 Å². The van der Waals surface area contributed by atoms with Crippen molar-refractivity contribution in [1.29, 1.82) is 0 Å². The molecule has 5 heteroatoms. The molecular formula is C26H34N4O. The maximum Gasteiger partial charge on any atom is 0.246 e. The van der Waals surface area contributed by atoms with Gasteiger partial charge in [0.2, 0.25) is 5.91 Å². The van der Waals surface area contributed by atoms with Crippen LogP contribution in [0.3, 0.4) is 0 Å². The summed E-state index contributed by atoms with van der Waals surface area (Å²) in [6, 6.07) is 4.51. The highest BCUT2D eigenvalue weighted by Gasteiger charge is 2.61. The number of nitrogens with zero attached hydrogens (tertiary/aromatic N) is 4. The zero-order valence-electron chi connectivity index (χ0n) is 19.2. The normalized spacial score (nSPS) is 41.9. The molecule has 6 rings (SSSR count). The van der Waals surface area contributed by atoms with Gasteiger partial charge in [0.1, 0.15) is 5.82 Å². The Morgan fingerprint density at radius 2 is 1.90 bits per heavy atom. The summed E-state index contributed by atoms with van der Waals surface area (Å²) in [5.74, 6) is 4.10. The molecule has 2 unspecified atom stereocenters. The first kappa shape index (κ1) is 19.5. The van der Waals surface area contributed by atoms with Gasteiger partial charge in [0.15, 0.2) is 5.65 Å². The minimum Gasteiger partial charge on any atom is -0.338 e. The van der Waals surface area contributed by atoms with Crippen LogP contribution in [-0.2, 0) is 11.8 Å². The van der Waals surface area contributed by atoms with Crippen LogP contribution in [0.2, 0.25) is 0 Å². The quantitative estimate of drug-likeness (QED) is 0.675. The molecule has 1 aliphatic heterocycles. The number of carbonyl (C=O) groups is 1. The van der Waals surface area contributed by atoms with Crippen molar-refractivity contribution in [3.63, 3.8) is 0 Å². The predicted octanol–water partition coefficient (Wildman–Crippen LogP) is 4.69. The summed E-state index contributed by atoms with van der Waals surface area (Å²) in [5, 5.41) is 0. The Morgan fingerprint density at radius 3 is 2.71 bits per heavy atom. The van der Waals surface area contributed by atoms with E-state index in [-0.39, 0.29) is 11.3 Å². The molecule has 0 saturated heterocycles. The number of imidazole rings is 1. The lowest BCUT2D eigenvalue weighted by molar-refractivity contribution is -0.138. The van der Waals surface area contributed by atoms with Crippen LogP contribution in [0.15, 0.2) is 30.5 Å². The van der Waals surface area contributed by atoms with E-state index in [1.807, 2.05) is 30.3 Å². The van der Waals surface area contributed by atoms with Crippen LogP contribution in [0.25, 0.3) is 11.2 Å². The topological polar surface area (TPSA) is 51.0 Å². The highest BCUT2D eigenvalue weighted by atomic mass is 16.2. The first-order chi connectivity index (χ1) is 14.8. The zero-order chi connectivity index (χ0) is 21.5. The second-order valence-electron chi connectivity index (χ2n) is 11.2. The van der Waals surface area contributed by atoms with E-state index in [1.54, 1.807) is 0 Å². The van der Waals surface area contributed by atoms with E-state index in [0.29, 0.717) is 23.3 Å². The molecule has 0 N–H and O–H groups in total. The summed E-state index contributed by atoms with van der Waals surface area (Å²) in [4.78, 5) is 23.9. The lowest BCUT2D eigenvalue weighted by Gasteiger charge is -2.60. The summed E-state index contributed by atoms with van der Waals surface area (Å²) < 4.78 is 2.30. The number of carbonyl (C=O) groups excluding carboxylic acids is 1. The Labute approximate surface area is 184 Å². The number of amides is 1. The number of pyridine rings is 1. The van der Waals surface area contributed by atoms with Gasteiger partial charge in [-0.25, -0.2) is 9.97 Å². The van der Waals surface area contributed by atoms with Gasteiger partial charge in [-0.05, 0) is 79.9 Å². The van der Waals surface area contributed by atoms with Gasteiger partial charge in [0, 0.05) is 37.7 Å². The van der Waals surface area contributed by atoms with Crippen LogP contribution in [0.1, 0.15) is 64.1 Å². The van der Waals surface area contributed by atoms with Crippen molar-refractivity contribution in [3.05, 3.63) is 36.3 Å². The summed E-state index contributed by atoms with van der Waals surface area (Å²) in [6.45, 7) is 4.99. The van der Waals surface area contributed by atoms with Crippen LogP contribution in [0, 0.1) is 28.6 Å². The van der Waals surface area contributed by atoms with E-state index < -0.39 is 0 Å². The average Bonchev–Trinajstić information content (AvgIpc) is 3.28. The molecule has 164 valence electrons. The fourth-order valence-corrected chi connectivity index (χ4v) is 8.52. The molecule has 0 spiro atoms. The van der Waals surface area contributed by atoms with Gasteiger partial charge in [0.25, 0.3) is 0 Å². The van der Waals surface area contributed by atoms with Gasteiger partial charge in [-0.2, -0.15) is 0 Å². The van der Waals surface area contributed by atoms with Crippen molar-refractivity contribution in [2.24, 2.45) is 35.6 Å². The first-order valence-corrected chi connectivity index (χ1v) is 12.1. The number of aryl methyl sites for hydroxylation is 1. The van der Waals surface area contributed by atoms with E-state index in [2.05, 4.69) is 42.6 Å². The minimum atomic E-state index is 0.118. The lowest BCUT2D eigenvalue weighted by atomic mass is 9.47. The average molecular weight is 419 g/mol. The monoisotopic (exact) mass is 418 g/mol. The molecule has 3 aliphatic carbocycles. The fourth-order valence-electron chi connectivity index (χ4n) is 8.52. The molecule has 3 fully saturated rings. The van der Waals surface area contributed by atoms with Gasteiger partial charge < -0.3 is 9.47 Å². The summed E-state index contributed by atoms with van der Waals surface area (Å²) in [5.41, 5.74) is 2.45. The third-order valence-corrected chi connectivity index (χ3v) is 10.1. The van der Waals surface area contributed by atoms with Crippen molar-refractivity contribution >= 4 is 17.1 Å². The Bertz CT molecular complexity index is 1090. The van der Waals surface area contributed by atoms with E-state index in [1.165, 1.54) is 37.9 Å². The Kier molecular flexibility index (Phi) is 4.05. The highest BCUT2D eigenvalue weighted by Crippen LogP contribution is 2.67. The molecule has 2 aromatic rings. The minimum absolute atomic E-state index is 0.118. The van der Waals surface area contributed by atoms with Crippen molar-refractivity contribution in [3.8, 4) is 0 Å². The number of aromatic nitrogens is 3. The highest BCUT2D eigenvalue weighted by molar-refractivity contribution is 5.89. The lowest BCUT2D eigenvalue weighted by Crippen LogP contribution is -2.59. The largest absolute Gasteiger partial charge is 0.338 e. The van der Waals surface area contributed by atoms with E-state index in [4.69, 9.17) is 4.98 Å². The molecular weight excluding hydrogens is 384 g/mol. The molecule has 0 aromatic carbocycles. The molecule has 0 bridgehead atoms.